The second kappa shape index (κ2) is 11.4. The molecule has 0 fully saturated rings. The summed E-state index contributed by atoms with van der Waals surface area (Å²) >= 11 is 0. The summed E-state index contributed by atoms with van der Waals surface area (Å²) in [4.78, 5) is 27.5. The largest absolute Gasteiger partial charge is 0.482 e. The third-order valence-corrected chi connectivity index (χ3v) is 6.21. The van der Waals surface area contributed by atoms with Gasteiger partial charge in [0.1, 0.15) is 6.61 Å². The molecule has 0 spiro atoms. The second-order valence-corrected chi connectivity index (χ2v) is 8.82. The van der Waals surface area contributed by atoms with Gasteiger partial charge in [-0.2, -0.15) is 0 Å². The highest BCUT2D eigenvalue weighted by atomic mass is 16.6. The summed E-state index contributed by atoms with van der Waals surface area (Å²) in [5, 5.41) is 26.5. The molecule has 0 saturated heterocycles. The summed E-state index contributed by atoms with van der Waals surface area (Å²) < 4.78 is 6.12. The van der Waals surface area contributed by atoms with E-state index in [9.17, 15) is 14.9 Å². The lowest BCUT2D eigenvalue weighted by Crippen LogP contribution is -2.18. The van der Waals surface area contributed by atoms with Crippen LogP contribution in [0.15, 0.2) is 103 Å². The van der Waals surface area contributed by atoms with Crippen molar-refractivity contribution in [1.82, 2.24) is 10.5 Å². The minimum atomic E-state index is -0.608. The number of hydroxylamine groups is 1. The first-order chi connectivity index (χ1) is 19.0. The summed E-state index contributed by atoms with van der Waals surface area (Å²) in [6, 6.07) is 27.0. The number of carbonyl (C=O) groups excluding carboxylic acids is 1. The van der Waals surface area contributed by atoms with Crippen LogP contribution in [-0.4, -0.2) is 34.2 Å². The van der Waals surface area contributed by atoms with Crippen LogP contribution in [0, 0.1) is 10.1 Å². The average Bonchev–Trinajstić information content (AvgIpc) is 2.98. The van der Waals surface area contributed by atoms with Crippen molar-refractivity contribution in [2.45, 2.75) is 0 Å². The number of rotatable bonds is 9. The number of fused-ring (bicyclic) bond motifs is 2. The topological polar surface area (TPSA) is 127 Å². The van der Waals surface area contributed by atoms with Gasteiger partial charge in [0.25, 0.3) is 5.91 Å². The van der Waals surface area contributed by atoms with E-state index < -0.39 is 10.8 Å². The number of pyridine rings is 1. The Morgan fingerprint density at radius 2 is 1.72 bits per heavy atom. The van der Waals surface area contributed by atoms with E-state index in [-0.39, 0.29) is 18.0 Å². The number of carbonyl (C=O) groups is 1. The van der Waals surface area contributed by atoms with Crippen LogP contribution in [0.25, 0.3) is 27.8 Å². The van der Waals surface area contributed by atoms with Crippen molar-refractivity contribution >= 4 is 45.0 Å². The van der Waals surface area contributed by atoms with Crippen molar-refractivity contribution < 1.29 is 19.7 Å². The van der Waals surface area contributed by atoms with E-state index >= 15 is 0 Å². The van der Waals surface area contributed by atoms with E-state index in [4.69, 9.17) is 9.94 Å². The fraction of sp³-hybridized carbons (Fsp3) is 0.0667. The third kappa shape index (κ3) is 5.84. The first-order valence-corrected chi connectivity index (χ1v) is 12.1. The van der Waals surface area contributed by atoms with Crippen LogP contribution in [-0.2, 0) is 0 Å². The molecular weight excluding hydrogens is 496 g/mol. The monoisotopic (exact) mass is 520 g/mol. The fourth-order valence-electron chi connectivity index (χ4n) is 4.25. The van der Waals surface area contributed by atoms with Crippen molar-refractivity contribution in [2.24, 2.45) is 0 Å². The van der Waals surface area contributed by atoms with Gasteiger partial charge in [0.15, 0.2) is 0 Å². The number of nitro benzene ring substituents is 1. The second-order valence-electron chi connectivity index (χ2n) is 8.82. The van der Waals surface area contributed by atoms with Gasteiger partial charge in [-0.1, -0.05) is 60.7 Å². The Balaban J connectivity index is 1.44. The zero-order valence-corrected chi connectivity index (χ0v) is 20.7. The van der Waals surface area contributed by atoms with Gasteiger partial charge in [0.05, 0.1) is 22.3 Å². The molecule has 0 aliphatic carbocycles. The van der Waals surface area contributed by atoms with Crippen LogP contribution in [0.1, 0.15) is 15.9 Å². The van der Waals surface area contributed by atoms with E-state index in [1.807, 2.05) is 54.6 Å². The molecule has 0 atom stereocenters. The number of anilines is 1. The highest BCUT2D eigenvalue weighted by Crippen LogP contribution is 2.35. The highest BCUT2D eigenvalue weighted by Gasteiger charge is 2.19. The Hall–Kier alpha value is -5.28. The van der Waals surface area contributed by atoms with Crippen molar-refractivity contribution in [3.8, 4) is 5.75 Å². The van der Waals surface area contributed by atoms with Crippen LogP contribution < -0.4 is 15.5 Å². The predicted octanol–water partition coefficient (Wildman–Crippen LogP) is 5.99. The number of hydrogen-bond acceptors (Lipinski definition) is 7. The first kappa shape index (κ1) is 25.4. The summed E-state index contributed by atoms with van der Waals surface area (Å²) in [5.74, 6) is -0.408. The lowest BCUT2D eigenvalue weighted by Gasteiger charge is -2.14. The molecule has 194 valence electrons. The van der Waals surface area contributed by atoms with Gasteiger partial charge in [0, 0.05) is 28.9 Å². The van der Waals surface area contributed by atoms with Crippen molar-refractivity contribution in [2.75, 3.05) is 18.5 Å². The molecule has 9 nitrogen and oxygen atoms in total. The maximum Gasteiger partial charge on any atom is 0.311 e. The Labute approximate surface area is 223 Å². The number of nitro groups is 1. The normalized spacial score (nSPS) is 11.4. The molecule has 0 radical (unpaired) electrons. The van der Waals surface area contributed by atoms with Gasteiger partial charge in [-0.15, -0.1) is 0 Å². The number of benzene rings is 4. The van der Waals surface area contributed by atoms with Crippen LogP contribution in [0.3, 0.4) is 0 Å². The fourth-order valence-corrected chi connectivity index (χ4v) is 4.25. The molecule has 4 aromatic carbocycles. The molecule has 0 aliphatic heterocycles. The van der Waals surface area contributed by atoms with E-state index in [0.717, 1.165) is 33.1 Å². The third-order valence-electron chi connectivity index (χ3n) is 6.21. The van der Waals surface area contributed by atoms with Crippen LogP contribution in [0.2, 0.25) is 0 Å². The van der Waals surface area contributed by atoms with E-state index in [1.165, 1.54) is 6.07 Å². The molecule has 1 heterocycles. The van der Waals surface area contributed by atoms with E-state index in [2.05, 4.69) is 10.3 Å². The molecule has 39 heavy (non-hydrogen) atoms. The summed E-state index contributed by atoms with van der Waals surface area (Å²) in [5.41, 5.74) is 5.09. The maximum atomic E-state index is 11.8. The maximum absolute atomic E-state index is 11.8. The van der Waals surface area contributed by atoms with Crippen LogP contribution in [0.4, 0.5) is 11.4 Å². The lowest BCUT2D eigenvalue weighted by atomic mass is 10.1. The average molecular weight is 521 g/mol. The Kier molecular flexibility index (Phi) is 7.42. The van der Waals surface area contributed by atoms with Crippen molar-refractivity contribution in [3.05, 3.63) is 124 Å². The zero-order chi connectivity index (χ0) is 27.2. The van der Waals surface area contributed by atoms with Crippen molar-refractivity contribution in [1.29, 1.82) is 0 Å². The Bertz CT molecular complexity index is 1700. The SMILES string of the molecule is O=C(NO)c1ccc(C=C(CNc2cnc3ccccc3c2)COc2c([N+](=O)[O-])ccc3ccccc23)cc1. The summed E-state index contributed by atoms with van der Waals surface area (Å²) in [6.07, 6.45) is 3.64. The molecule has 5 aromatic rings. The number of aromatic nitrogens is 1. The molecule has 5 rings (SSSR count). The summed E-state index contributed by atoms with van der Waals surface area (Å²) in [7, 11) is 0. The molecule has 0 saturated carbocycles. The summed E-state index contributed by atoms with van der Waals surface area (Å²) in [6.45, 7) is 0.444. The highest BCUT2D eigenvalue weighted by molar-refractivity contribution is 5.93. The molecule has 1 amide bonds. The number of para-hydroxylation sites is 1. The molecule has 9 heteroatoms. The Morgan fingerprint density at radius 3 is 2.49 bits per heavy atom. The standard InChI is InChI=1S/C30H24N4O5/c35-30(33-36)23-11-9-20(10-12-23)15-21(17-31-25-16-24-6-2-4-8-27(24)32-18-25)19-39-29-26-7-3-1-5-22(26)13-14-28(29)34(37)38/h1-16,18,31,36H,17,19H2,(H,33,35). The van der Waals surface area contributed by atoms with Gasteiger partial charge >= 0.3 is 5.69 Å². The molecular formula is C30H24N4O5. The number of ether oxygens (including phenoxy) is 1. The molecule has 0 unspecified atom stereocenters. The molecule has 1 aromatic heterocycles. The predicted molar refractivity (Wildman–Crippen MR) is 150 cm³/mol. The smallest absolute Gasteiger partial charge is 0.311 e. The minimum absolute atomic E-state index is 0.0712. The van der Waals surface area contributed by atoms with Crippen molar-refractivity contribution in [3.63, 3.8) is 0 Å². The molecule has 3 N–H and O–H groups in total. The van der Waals surface area contributed by atoms with E-state index in [1.54, 1.807) is 48.1 Å². The number of nitrogens with zero attached hydrogens (tertiary/aromatic N) is 2. The Morgan fingerprint density at radius 1 is 0.974 bits per heavy atom. The number of hydrogen-bond donors (Lipinski definition) is 3. The zero-order valence-electron chi connectivity index (χ0n) is 20.7. The van der Waals surface area contributed by atoms with Gasteiger partial charge < -0.3 is 10.1 Å². The number of nitrogens with one attached hydrogen (secondary N) is 2. The van der Waals surface area contributed by atoms with Gasteiger partial charge in [-0.3, -0.25) is 25.1 Å². The molecule has 0 aliphatic rings. The lowest BCUT2D eigenvalue weighted by molar-refractivity contribution is -0.385. The van der Waals surface area contributed by atoms with Gasteiger partial charge in [-0.25, -0.2) is 5.48 Å². The quantitative estimate of drug-likeness (QED) is 0.124. The minimum Gasteiger partial charge on any atom is -0.482 e. The van der Waals surface area contributed by atoms with E-state index in [0.29, 0.717) is 17.5 Å². The van der Waals surface area contributed by atoms with Gasteiger partial charge in [0.2, 0.25) is 5.75 Å². The number of amides is 1. The first-order valence-electron chi connectivity index (χ1n) is 12.1. The van der Waals surface area contributed by atoms with Gasteiger partial charge in [-0.05, 0) is 46.9 Å². The van der Waals surface area contributed by atoms with Crippen LogP contribution in [0.5, 0.6) is 5.75 Å². The van der Waals surface area contributed by atoms with Crippen LogP contribution >= 0.6 is 0 Å². The molecule has 0 bridgehead atoms.